The van der Waals surface area contributed by atoms with Crippen molar-refractivity contribution >= 4 is 0 Å². The lowest BCUT2D eigenvalue weighted by atomic mass is 9.82. The molecule has 0 radical (unpaired) electrons. The van der Waals surface area contributed by atoms with E-state index < -0.39 is 0 Å². The van der Waals surface area contributed by atoms with Crippen molar-refractivity contribution in [3.8, 4) is 0 Å². The van der Waals surface area contributed by atoms with E-state index in [0.29, 0.717) is 0 Å². The topological polar surface area (TPSA) is 3.24 Å². The van der Waals surface area contributed by atoms with Crippen molar-refractivity contribution in [2.75, 3.05) is 19.6 Å². The summed E-state index contributed by atoms with van der Waals surface area (Å²) in [4.78, 5) is 2.63. The number of nitrogens with zero attached hydrogens (tertiary/aromatic N) is 1. The van der Waals surface area contributed by atoms with Gasteiger partial charge in [-0.25, -0.2) is 0 Å². The summed E-state index contributed by atoms with van der Waals surface area (Å²) < 4.78 is 0. The van der Waals surface area contributed by atoms with Gasteiger partial charge in [0.15, 0.2) is 0 Å². The second kappa shape index (κ2) is 4.28. The maximum absolute atomic E-state index is 2.63. The van der Waals surface area contributed by atoms with Crippen molar-refractivity contribution in [1.29, 1.82) is 0 Å². The van der Waals surface area contributed by atoms with E-state index in [2.05, 4.69) is 24.0 Å². The molecule has 0 amide bonds. The van der Waals surface area contributed by atoms with E-state index in [1.807, 2.05) is 0 Å². The Labute approximate surface area is 81.8 Å². The molecule has 13 heavy (non-hydrogen) atoms. The van der Waals surface area contributed by atoms with Gasteiger partial charge < -0.3 is 0 Å². The zero-order chi connectivity index (χ0) is 9.10. The standard InChI is InChI=1S/C12H21N/c1-2-3-8-13-9-11-6-4-5-7-12(11)10-13/h2-3,11-12H,4-10H2,1H3/b3-2+. The SMILES string of the molecule is C/C=C/CN1CC2CCCCC2C1. The van der Waals surface area contributed by atoms with Gasteiger partial charge in [0.25, 0.3) is 0 Å². The first-order chi connectivity index (χ1) is 6.40. The number of allylic oxidation sites excluding steroid dienone is 1. The highest BCUT2D eigenvalue weighted by atomic mass is 15.1. The molecule has 1 nitrogen and oxygen atoms in total. The molecule has 1 saturated carbocycles. The third-order valence-corrected chi connectivity index (χ3v) is 3.65. The van der Waals surface area contributed by atoms with Crippen LogP contribution in [-0.2, 0) is 0 Å². The highest BCUT2D eigenvalue weighted by Crippen LogP contribution is 2.35. The molecular formula is C12H21N. The van der Waals surface area contributed by atoms with Crippen molar-refractivity contribution in [3.63, 3.8) is 0 Å². The van der Waals surface area contributed by atoms with Crippen LogP contribution in [0.25, 0.3) is 0 Å². The summed E-state index contributed by atoms with van der Waals surface area (Å²) in [6.45, 7) is 6.04. The van der Waals surface area contributed by atoms with Crippen LogP contribution in [0.4, 0.5) is 0 Å². The Kier molecular flexibility index (Phi) is 3.05. The predicted octanol–water partition coefficient (Wildman–Crippen LogP) is 2.68. The largest absolute Gasteiger partial charge is 0.299 e. The number of likely N-dealkylation sites (tertiary alicyclic amines) is 1. The highest BCUT2D eigenvalue weighted by Gasteiger charge is 2.33. The second-order valence-corrected chi connectivity index (χ2v) is 4.59. The molecule has 2 atom stereocenters. The van der Waals surface area contributed by atoms with Gasteiger partial charge in [-0.05, 0) is 31.6 Å². The van der Waals surface area contributed by atoms with E-state index in [1.54, 1.807) is 0 Å². The van der Waals surface area contributed by atoms with E-state index in [4.69, 9.17) is 0 Å². The van der Waals surface area contributed by atoms with Crippen LogP contribution in [0.3, 0.4) is 0 Å². The Morgan fingerprint density at radius 1 is 1.15 bits per heavy atom. The maximum Gasteiger partial charge on any atom is 0.0163 e. The monoisotopic (exact) mass is 179 g/mol. The van der Waals surface area contributed by atoms with Crippen LogP contribution < -0.4 is 0 Å². The van der Waals surface area contributed by atoms with Crippen LogP contribution in [0.1, 0.15) is 32.6 Å². The summed E-state index contributed by atoms with van der Waals surface area (Å²) in [5.41, 5.74) is 0. The first kappa shape index (κ1) is 9.26. The van der Waals surface area contributed by atoms with Gasteiger partial charge in [-0.15, -0.1) is 0 Å². The Bertz CT molecular complexity index is 172. The van der Waals surface area contributed by atoms with Gasteiger partial charge in [0.1, 0.15) is 0 Å². The van der Waals surface area contributed by atoms with Gasteiger partial charge in [-0.1, -0.05) is 25.0 Å². The molecule has 2 rings (SSSR count). The van der Waals surface area contributed by atoms with Crippen LogP contribution in [0.15, 0.2) is 12.2 Å². The predicted molar refractivity (Wildman–Crippen MR) is 56.7 cm³/mol. The Morgan fingerprint density at radius 2 is 1.77 bits per heavy atom. The van der Waals surface area contributed by atoms with Crippen molar-refractivity contribution in [3.05, 3.63) is 12.2 Å². The molecule has 2 aliphatic rings. The molecule has 0 spiro atoms. The third-order valence-electron chi connectivity index (χ3n) is 3.65. The van der Waals surface area contributed by atoms with Gasteiger partial charge in [0.2, 0.25) is 0 Å². The lowest BCUT2D eigenvalue weighted by Gasteiger charge is -2.23. The van der Waals surface area contributed by atoms with E-state index in [0.717, 1.165) is 11.8 Å². The molecule has 0 aromatic carbocycles. The van der Waals surface area contributed by atoms with Crippen LogP contribution in [0, 0.1) is 11.8 Å². The van der Waals surface area contributed by atoms with Gasteiger partial charge in [0.05, 0.1) is 0 Å². The average molecular weight is 179 g/mol. The Balaban J connectivity index is 1.84. The highest BCUT2D eigenvalue weighted by molar-refractivity contribution is 4.90. The summed E-state index contributed by atoms with van der Waals surface area (Å²) in [5, 5.41) is 0. The summed E-state index contributed by atoms with van der Waals surface area (Å²) in [7, 11) is 0. The van der Waals surface area contributed by atoms with Crippen molar-refractivity contribution in [2.45, 2.75) is 32.6 Å². The molecule has 1 heterocycles. The molecular weight excluding hydrogens is 158 g/mol. The molecule has 74 valence electrons. The van der Waals surface area contributed by atoms with Gasteiger partial charge in [0, 0.05) is 19.6 Å². The lowest BCUT2D eigenvalue weighted by Crippen LogP contribution is -2.20. The van der Waals surface area contributed by atoms with E-state index in [1.165, 1.54) is 45.3 Å². The fourth-order valence-electron chi connectivity index (χ4n) is 2.91. The molecule has 0 bridgehead atoms. The first-order valence-electron chi connectivity index (χ1n) is 5.73. The number of fused-ring (bicyclic) bond motifs is 1. The summed E-state index contributed by atoms with van der Waals surface area (Å²) in [6.07, 6.45) is 10.4. The number of hydrogen-bond acceptors (Lipinski definition) is 1. The first-order valence-corrected chi connectivity index (χ1v) is 5.73. The van der Waals surface area contributed by atoms with E-state index in [-0.39, 0.29) is 0 Å². The maximum atomic E-state index is 2.63. The fraction of sp³-hybridized carbons (Fsp3) is 0.833. The van der Waals surface area contributed by atoms with Crippen molar-refractivity contribution in [1.82, 2.24) is 4.90 Å². The van der Waals surface area contributed by atoms with Crippen LogP contribution in [0.5, 0.6) is 0 Å². The number of rotatable bonds is 2. The van der Waals surface area contributed by atoms with Crippen molar-refractivity contribution in [2.24, 2.45) is 11.8 Å². The molecule has 1 aliphatic heterocycles. The van der Waals surface area contributed by atoms with Crippen LogP contribution in [0.2, 0.25) is 0 Å². The second-order valence-electron chi connectivity index (χ2n) is 4.59. The number of hydrogen-bond donors (Lipinski definition) is 0. The average Bonchev–Trinajstić information content (AvgIpc) is 2.57. The molecule has 2 unspecified atom stereocenters. The minimum Gasteiger partial charge on any atom is -0.299 e. The van der Waals surface area contributed by atoms with Gasteiger partial charge in [-0.2, -0.15) is 0 Å². The zero-order valence-corrected chi connectivity index (χ0v) is 8.71. The van der Waals surface area contributed by atoms with Crippen LogP contribution >= 0.6 is 0 Å². The van der Waals surface area contributed by atoms with E-state index >= 15 is 0 Å². The minimum atomic E-state index is 1.04. The fourth-order valence-corrected chi connectivity index (χ4v) is 2.91. The quantitative estimate of drug-likeness (QED) is 0.589. The normalized spacial score (nSPS) is 35.5. The Hall–Kier alpha value is -0.300. The van der Waals surface area contributed by atoms with E-state index in [9.17, 15) is 0 Å². The molecule has 1 aliphatic carbocycles. The van der Waals surface area contributed by atoms with Crippen molar-refractivity contribution < 1.29 is 0 Å². The molecule has 2 fully saturated rings. The Morgan fingerprint density at radius 3 is 2.31 bits per heavy atom. The summed E-state index contributed by atoms with van der Waals surface area (Å²) >= 11 is 0. The summed E-state index contributed by atoms with van der Waals surface area (Å²) in [6, 6.07) is 0. The zero-order valence-electron chi connectivity index (χ0n) is 8.71. The molecule has 0 aromatic heterocycles. The smallest absolute Gasteiger partial charge is 0.0163 e. The third kappa shape index (κ3) is 2.14. The van der Waals surface area contributed by atoms with Gasteiger partial charge >= 0.3 is 0 Å². The molecule has 0 aromatic rings. The van der Waals surface area contributed by atoms with Crippen LogP contribution in [-0.4, -0.2) is 24.5 Å². The molecule has 1 saturated heterocycles. The van der Waals surface area contributed by atoms with Gasteiger partial charge in [-0.3, -0.25) is 4.90 Å². The molecule has 1 heteroatoms. The lowest BCUT2D eigenvalue weighted by molar-refractivity contribution is 0.299. The molecule has 0 N–H and O–H groups in total. The summed E-state index contributed by atoms with van der Waals surface area (Å²) in [5.74, 6) is 2.08. The minimum absolute atomic E-state index is 1.04.